The summed E-state index contributed by atoms with van der Waals surface area (Å²) in [4.78, 5) is 15.0. The third kappa shape index (κ3) is 6.67. The van der Waals surface area contributed by atoms with Crippen LogP contribution in [0.1, 0.15) is 24.0 Å². The zero-order valence-corrected chi connectivity index (χ0v) is 17.7. The molecule has 0 radical (unpaired) electrons. The highest BCUT2D eigenvalue weighted by molar-refractivity contribution is 5.95. The molecule has 5 nitrogen and oxygen atoms in total. The molecule has 1 saturated heterocycles. The van der Waals surface area contributed by atoms with E-state index in [1.165, 1.54) is 12.8 Å². The van der Waals surface area contributed by atoms with Crippen LogP contribution in [0.3, 0.4) is 0 Å². The molecule has 3 N–H and O–H groups in total. The lowest BCUT2D eigenvalue weighted by Gasteiger charge is -2.19. The van der Waals surface area contributed by atoms with E-state index in [1.807, 2.05) is 42.5 Å². The monoisotopic (exact) mass is 425 g/mol. The third-order valence-corrected chi connectivity index (χ3v) is 4.82. The van der Waals surface area contributed by atoms with Crippen LogP contribution < -0.4 is 15.8 Å². The van der Waals surface area contributed by atoms with Crippen molar-refractivity contribution in [1.29, 1.82) is 0 Å². The van der Waals surface area contributed by atoms with E-state index in [-0.39, 0.29) is 30.7 Å². The number of halogens is 2. The summed E-state index contributed by atoms with van der Waals surface area (Å²) in [7, 11) is 1.63. The number of carbonyl (C=O) groups is 1. The largest absolute Gasteiger partial charge is 0.497 e. The van der Waals surface area contributed by atoms with Crippen molar-refractivity contribution in [2.24, 2.45) is 5.73 Å². The number of hydrogen-bond acceptors (Lipinski definition) is 4. The van der Waals surface area contributed by atoms with Crippen LogP contribution in [0.2, 0.25) is 0 Å². The highest BCUT2D eigenvalue weighted by atomic mass is 35.5. The van der Waals surface area contributed by atoms with Crippen LogP contribution in [0.15, 0.2) is 48.5 Å². The molecular weight excluding hydrogens is 397 g/mol. The molecule has 0 spiro atoms. The fourth-order valence-electron chi connectivity index (χ4n) is 3.30. The van der Waals surface area contributed by atoms with Gasteiger partial charge >= 0.3 is 0 Å². The summed E-state index contributed by atoms with van der Waals surface area (Å²) < 4.78 is 5.15. The fraction of sp³-hybridized carbons (Fsp3) is 0.381. The SMILES string of the molecule is COc1ccc(C[C@H](N)C(=O)Nc2ccccc2CN2CCCC2)cc1.Cl.Cl. The summed E-state index contributed by atoms with van der Waals surface area (Å²) in [5, 5.41) is 3.01. The fourth-order valence-corrected chi connectivity index (χ4v) is 3.30. The van der Waals surface area contributed by atoms with E-state index in [4.69, 9.17) is 10.5 Å². The van der Waals surface area contributed by atoms with Crippen LogP contribution in [0.4, 0.5) is 5.69 Å². The Morgan fingerprint density at radius 3 is 2.39 bits per heavy atom. The molecule has 2 aromatic rings. The van der Waals surface area contributed by atoms with Crippen molar-refractivity contribution in [2.75, 3.05) is 25.5 Å². The van der Waals surface area contributed by atoms with Gasteiger partial charge in [0.05, 0.1) is 13.2 Å². The number of para-hydroxylation sites is 1. The second kappa shape index (κ2) is 11.9. The van der Waals surface area contributed by atoms with Crippen molar-refractivity contribution < 1.29 is 9.53 Å². The van der Waals surface area contributed by atoms with Crippen molar-refractivity contribution in [3.05, 3.63) is 59.7 Å². The summed E-state index contributed by atoms with van der Waals surface area (Å²) in [6.45, 7) is 3.11. The predicted molar refractivity (Wildman–Crippen MR) is 119 cm³/mol. The van der Waals surface area contributed by atoms with E-state index in [9.17, 15) is 4.79 Å². The number of ether oxygens (including phenoxy) is 1. The van der Waals surface area contributed by atoms with Crippen LogP contribution in [0.5, 0.6) is 5.75 Å². The van der Waals surface area contributed by atoms with Gasteiger partial charge in [-0.05, 0) is 61.7 Å². The molecule has 0 aromatic heterocycles. The average Bonchev–Trinajstić information content (AvgIpc) is 3.17. The van der Waals surface area contributed by atoms with E-state index >= 15 is 0 Å². The van der Waals surface area contributed by atoms with Crippen molar-refractivity contribution in [1.82, 2.24) is 4.90 Å². The molecule has 7 heteroatoms. The number of rotatable bonds is 7. The van der Waals surface area contributed by atoms with E-state index in [0.29, 0.717) is 6.42 Å². The molecule has 1 aliphatic heterocycles. The van der Waals surface area contributed by atoms with Gasteiger partial charge in [-0.25, -0.2) is 0 Å². The Morgan fingerprint density at radius 2 is 1.75 bits per heavy atom. The number of anilines is 1. The molecule has 1 heterocycles. The Balaban J connectivity index is 0.00000196. The Bertz CT molecular complexity index is 735. The Morgan fingerprint density at radius 1 is 1.11 bits per heavy atom. The number of nitrogens with two attached hydrogens (primary N) is 1. The minimum atomic E-state index is -0.594. The van der Waals surface area contributed by atoms with Crippen molar-refractivity contribution in [2.45, 2.75) is 31.8 Å². The number of carbonyl (C=O) groups excluding carboxylic acids is 1. The molecule has 1 fully saturated rings. The van der Waals surface area contributed by atoms with Gasteiger partial charge in [-0.3, -0.25) is 9.69 Å². The van der Waals surface area contributed by atoms with Gasteiger partial charge < -0.3 is 15.8 Å². The predicted octanol–water partition coefficient (Wildman–Crippen LogP) is 3.64. The first-order valence-corrected chi connectivity index (χ1v) is 9.15. The number of likely N-dealkylation sites (tertiary alicyclic amines) is 1. The highest BCUT2D eigenvalue weighted by Crippen LogP contribution is 2.20. The van der Waals surface area contributed by atoms with Gasteiger partial charge in [-0.1, -0.05) is 30.3 Å². The van der Waals surface area contributed by atoms with Gasteiger partial charge in [0.25, 0.3) is 0 Å². The topological polar surface area (TPSA) is 67.6 Å². The maximum atomic E-state index is 12.6. The third-order valence-electron chi connectivity index (χ3n) is 4.82. The number of nitrogens with one attached hydrogen (secondary N) is 1. The molecule has 0 unspecified atom stereocenters. The van der Waals surface area contributed by atoms with E-state index < -0.39 is 6.04 Å². The van der Waals surface area contributed by atoms with Crippen molar-refractivity contribution >= 4 is 36.4 Å². The second-order valence-corrected chi connectivity index (χ2v) is 6.79. The molecule has 1 atom stereocenters. The van der Waals surface area contributed by atoms with Crippen LogP contribution in [-0.2, 0) is 17.8 Å². The quantitative estimate of drug-likeness (QED) is 0.710. The standard InChI is InChI=1S/C21H27N3O2.2ClH/c1-26-18-10-8-16(9-11-18)14-19(22)21(25)23-20-7-3-2-6-17(20)15-24-12-4-5-13-24;;/h2-3,6-11,19H,4-5,12-15,22H2,1H3,(H,23,25);2*1H/t19-;;/m0../s1. The molecule has 0 aliphatic carbocycles. The first-order chi connectivity index (χ1) is 12.7. The van der Waals surface area contributed by atoms with E-state index in [1.54, 1.807) is 7.11 Å². The normalized spacial score (nSPS) is 14.5. The highest BCUT2D eigenvalue weighted by Gasteiger charge is 2.18. The first kappa shape index (κ1) is 24.2. The summed E-state index contributed by atoms with van der Waals surface area (Å²) in [6.07, 6.45) is 2.99. The molecule has 154 valence electrons. The van der Waals surface area contributed by atoms with Gasteiger partial charge in [-0.15, -0.1) is 24.8 Å². The number of methoxy groups -OCH3 is 1. The Hall–Kier alpha value is -1.79. The lowest BCUT2D eigenvalue weighted by atomic mass is 10.1. The molecule has 3 rings (SSSR count). The first-order valence-electron chi connectivity index (χ1n) is 9.15. The smallest absolute Gasteiger partial charge is 0.241 e. The van der Waals surface area contributed by atoms with Crippen LogP contribution >= 0.6 is 24.8 Å². The van der Waals surface area contributed by atoms with E-state index in [2.05, 4.69) is 16.3 Å². The molecule has 0 bridgehead atoms. The van der Waals surface area contributed by atoms with Gasteiger partial charge in [0, 0.05) is 12.2 Å². The maximum absolute atomic E-state index is 12.6. The van der Waals surface area contributed by atoms with Crippen LogP contribution in [0, 0.1) is 0 Å². The molecular formula is C21H29Cl2N3O2. The number of nitrogens with zero attached hydrogens (tertiary/aromatic N) is 1. The molecule has 1 aliphatic rings. The number of hydrogen-bond donors (Lipinski definition) is 2. The lowest BCUT2D eigenvalue weighted by Crippen LogP contribution is -2.37. The zero-order valence-electron chi connectivity index (χ0n) is 16.1. The zero-order chi connectivity index (χ0) is 18.4. The van der Waals surface area contributed by atoms with Gasteiger partial charge in [-0.2, -0.15) is 0 Å². The van der Waals surface area contributed by atoms with Crippen LogP contribution in [0.25, 0.3) is 0 Å². The van der Waals surface area contributed by atoms with Crippen molar-refractivity contribution in [3.63, 3.8) is 0 Å². The summed E-state index contributed by atoms with van der Waals surface area (Å²) in [5.41, 5.74) is 9.13. The molecule has 0 saturated carbocycles. The molecule has 2 aromatic carbocycles. The number of benzene rings is 2. The Kier molecular flexibility index (Phi) is 10.3. The summed E-state index contributed by atoms with van der Waals surface area (Å²) in [5.74, 6) is 0.636. The summed E-state index contributed by atoms with van der Waals surface area (Å²) in [6, 6.07) is 15.0. The Labute approximate surface area is 179 Å². The maximum Gasteiger partial charge on any atom is 0.241 e. The van der Waals surface area contributed by atoms with Crippen molar-refractivity contribution in [3.8, 4) is 5.75 Å². The minimum Gasteiger partial charge on any atom is -0.497 e. The van der Waals surface area contributed by atoms with Gasteiger partial charge in [0.1, 0.15) is 5.75 Å². The van der Waals surface area contributed by atoms with Gasteiger partial charge in [0.15, 0.2) is 0 Å². The summed E-state index contributed by atoms with van der Waals surface area (Å²) >= 11 is 0. The molecule has 28 heavy (non-hydrogen) atoms. The lowest BCUT2D eigenvalue weighted by molar-refractivity contribution is -0.117. The second-order valence-electron chi connectivity index (χ2n) is 6.79. The molecule has 1 amide bonds. The van der Waals surface area contributed by atoms with Gasteiger partial charge in [0.2, 0.25) is 5.91 Å². The van der Waals surface area contributed by atoms with Crippen LogP contribution in [-0.4, -0.2) is 37.0 Å². The number of amides is 1. The van der Waals surface area contributed by atoms with E-state index in [0.717, 1.165) is 42.2 Å². The minimum absolute atomic E-state index is 0. The average molecular weight is 426 g/mol.